The third-order valence-corrected chi connectivity index (χ3v) is 12.5. The van der Waals surface area contributed by atoms with Gasteiger partial charge in [0, 0.05) is 31.4 Å². The molecule has 7 rings (SSSR count). The zero-order chi connectivity index (χ0) is 56.7. The van der Waals surface area contributed by atoms with Crippen LogP contribution < -0.4 is 40.2 Å². The highest BCUT2D eigenvalue weighted by Gasteiger charge is 2.33. The molecule has 0 bridgehead atoms. The maximum atomic E-state index is 14.9. The van der Waals surface area contributed by atoms with Gasteiger partial charge in [0.1, 0.15) is 52.9 Å². The number of rotatable bonds is 22. The molecule has 4 amide bonds. The van der Waals surface area contributed by atoms with E-state index in [9.17, 15) is 28.8 Å². The number of esters is 1. The number of hydrogen-bond acceptors (Lipinski definition) is 13. The van der Waals surface area contributed by atoms with Crippen LogP contribution in [0.3, 0.4) is 0 Å². The number of carbonyl (C=O) groups excluding carboxylic acids is 6. The monoisotopic (exact) mass is 1080 g/mol. The molecule has 17 heteroatoms. The summed E-state index contributed by atoms with van der Waals surface area (Å²) < 4.78 is 39.2. The molecule has 79 heavy (non-hydrogen) atoms. The van der Waals surface area contributed by atoms with Crippen LogP contribution in [-0.2, 0) is 46.4 Å². The molecular formula is C62H68N4O13. The molecule has 6 aromatic rings. The largest absolute Gasteiger partial charge is 0.514 e. The number of hydrogen-bond donors (Lipinski definition) is 4. The van der Waals surface area contributed by atoms with Crippen LogP contribution in [0.25, 0.3) is 11.1 Å². The van der Waals surface area contributed by atoms with E-state index in [4.69, 9.17) is 33.2 Å². The van der Waals surface area contributed by atoms with E-state index in [0.29, 0.717) is 40.5 Å². The Labute approximate surface area is 460 Å². The van der Waals surface area contributed by atoms with Gasteiger partial charge in [0.2, 0.25) is 11.8 Å². The summed E-state index contributed by atoms with van der Waals surface area (Å²) in [6.45, 7) is 10.3. The van der Waals surface area contributed by atoms with E-state index in [-0.39, 0.29) is 50.1 Å². The van der Waals surface area contributed by atoms with Crippen molar-refractivity contribution in [3.8, 4) is 34.1 Å². The molecular weight excluding hydrogens is 1010 g/mol. The van der Waals surface area contributed by atoms with Gasteiger partial charge in [-0.15, -0.1) is 0 Å². The van der Waals surface area contributed by atoms with Crippen LogP contribution in [0.1, 0.15) is 99.7 Å². The molecule has 414 valence electrons. The van der Waals surface area contributed by atoms with Crippen molar-refractivity contribution in [2.45, 2.75) is 103 Å². The van der Waals surface area contributed by atoms with Crippen molar-refractivity contribution in [3.63, 3.8) is 0 Å². The topological polar surface area (TPSA) is 215 Å². The molecule has 0 aliphatic heterocycles. The molecule has 0 saturated carbocycles. The maximum Gasteiger partial charge on any atom is 0.514 e. The maximum absolute atomic E-state index is 14.9. The van der Waals surface area contributed by atoms with Gasteiger partial charge in [-0.2, -0.15) is 0 Å². The van der Waals surface area contributed by atoms with E-state index < -0.39 is 59.4 Å². The smallest absolute Gasteiger partial charge is 0.497 e. The lowest BCUT2D eigenvalue weighted by Crippen LogP contribution is -2.55. The SMILES string of the molecule is COc1cc(OC)cc(C(NC(=O)[C@H](CCC(=O)OC(C)(C)C)NC(=O)[C@H](Cc2ccc(OC(=O)OC(C)(C)C)cc2)NC(=O)OCC2c3ccccc3-c3ccccc32)c2ccc(OCC(=O)NCc3ccccc3)cc2)c1. The van der Waals surface area contributed by atoms with Crippen molar-refractivity contribution in [2.24, 2.45) is 0 Å². The van der Waals surface area contributed by atoms with Gasteiger partial charge in [-0.25, -0.2) is 9.59 Å². The lowest BCUT2D eigenvalue weighted by molar-refractivity contribution is -0.155. The van der Waals surface area contributed by atoms with E-state index in [1.165, 1.54) is 26.4 Å². The molecule has 17 nitrogen and oxygen atoms in total. The minimum atomic E-state index is -1.39. The second-order valence-corrected chi connectivity index (χ2v) is 20.8. The van der Waals surface area contributed by atoms with Crippen molar-refractivity contribution in [3.05, 3.63) is 179 Å². The van der Waals surface area contributed by atoms with E-state index in [2.05, 4.69) is 21.3 Å². The van der Waals surface area contributed by atoms with Gasteiger partial charge in [0.15, 0.2) is 6.61 Å². The Morgan fingerprint density at radius 1 is 0.557 bits per heavy atom. The number of nitrogens with one attached hydrogen (secondary N) is 4. The number of amides is 4. The minimum Gasteiger partial charge on any atom is -0.497 e. The van der Waals surface area contributed by atoms with Gasteiger partial charge >= 0.3 is 18.2 Å². The first kappa shape index (κ1) is 57.8. The number of alkyl carbamates (subject to hydrolysis) is 1. The first-order valence-electron chi connectivity index (χ1n) is 25.9. The standard InChI is InChI=1S/C62H68N4O13/c1-61(2,3)78-55(68)31-30-52(57(69)66-56(42-33-45(73-7)35-46(34-42)74-8)41-24-28-43(29-25-41)75-38-54(67)63-36-40-16-10-9-11-17-40)64-58(70)53(32-39-22-26-44(27-23-39)77-60(72)79-62(4,5)6)65-59(71)76-37-51-49-20-14-12-18-47(49)48-19-13-15-21-50(48)51/h9-29,33-35,51-53,56H,30-32,36-38H2,1-8H3,(H,63,67)(H,64,70)(H,65,71)(H,66,69)/t52-,53-,56?/m0/s1. The third-order valence-electron chi connectivity index (χ3n) is 12.5. The van der Waals surface area contributed by atoms with Gasteiger partial charge in [-0.1, -0.05) is 103 Å². The molecule has 0 saturated heterocycles. The zero-order valence-electron chi connectivity index (χ0n) is 45.7. The number of fused-ring (bicyclic) bond motifs is 3. The fraction of sp³-hybridized carbons (Fsp3) is 0.323. The van der Waals surface area contributed by atoms with Crippen LogP contribution in [0.4, 0.5) is 9.59 Å². The molecule has 6 aromatic carbocycles. The summed E-state index contributed by atoms with van der Waals surface area (Å²) in [4.78, 5) is 82.2. The molecule has 0 spiro atoms. The molecule has 0 fully saturated rings. The summed E-state index contributed by atoms with van der Waals surface area (Å²) in [5.41, 5.74) is 5.00. The van der Waals surface area contributed by atoms with E-state index >= 15 is 0 Å². The first-order valence-corrected chi connectivity index (χ1v) is 25.9. The van der Waals surface area contributed by atoms with E-state index in [1.54, 1.807) is 96.1 Å². The van der Waals surface area contributed by atoms with E-state index in [0.717, 1.165) is 27.8 Å². The Balaban J connectivity index is 1.15. The normalized spacial score (nSPS) is 13.0. The van der Waals surface area contributed by atoms with Crippen LogP contribution in [0.5, 0.6) is 23.0 Å². The highest BCUT2D eigenvalue weighted by molar-refractivity contribution is 5.92. The third kappa shape index (κ3) is 17.1. The summed E-state index contributed by atoms with van der Waals surface area (Å²) in [5.74, 6) is -1.26. The lowest BCUT2D eigenvalue weighted by Gasteiger charge is -2.27. The predicted molar refractivity (Wildman–Crippen MR) is 296 cm³/mol. The van der Waals surface area contributed by atoms with Crippen LogP contribution >= 0.6 is 0 Å². The first-order chi connectivity index (χ1) is 37.7. The Morgan fingerprint density at radius 2 is 1.13 bits per heavy atom. The summed E-state index contributed by atoms with van der Waals surface area (Å²) in [5, 5.41) is 11.5. The summed E-state index contributed by atoms with van der Waals surface area (Å²) in [6, 6.07) is 39.8. The van der Waals surface area contributed by atoms with Gasteiger partial charge in [0.05, 0.1) is 20.3 Å². The average molecular weight is 1080 g/mol. The molecule has 1 unspecified atom stereocenters. The summed E-state index contributed by atoms with van der Waals surface area (Å²) in [6.07, 6.45) is -2.40. The molecule has 1 aliphatic rings. The number of ether oxygens (including phenoxy) is 7. The van der Waals surface area contributed by atoms with Crippen LogP contribution in [-0.4, -0.2) is 86.7 Å². The van der Waals surface area contributed by atoms with Crippen LogP contribution in [0.15, 0.2) is 146 Å². The van der Waals surface area contributed by atoms with Crippen molar-refractivity contribution in [1.82, 2.24) is 21.3 Å². The zero-order valence-corrected chi connectivity index (χ0v) is 45.7. The molecule has 3 atom stereocenters. The van der Waals surface area contributed by atoms with Crippen molar-refractivity contribution in [2.75, 3.05) is 27.4 Å². The number of methoxy groups -OCH3 is 2. The number of carbonyl (C=O) groups is 6. The molecule has 1 aliphatic carbocycles. The van der Waals surface area contributed by atoms with Crippen LogP contribution in [0.2, 0.25) is 0 Å². The Bertz CT molecular complexity index is 3010. The quantitative estimate of drug-likeness (QED) is 0.0283. The van der Waals surface area contributed by atoms with Gasteiger partial charge < -0.3 is 54.4 Å². The molecule has 0 radical (unpaired) electrons. The summed E-state index contributed by atoms with van der Waals surface area (Å²) in [7, 11) is 2.99. The Kier molecular flexibility index (Phi) is 19.4. The molecule has 0 aromatic heterocycles. The van der Waals surface area contributed by atoms with Gasteiger partial charge in [-0.05, 0) is 129 Å². The van der Waals surface area contributed by atoms with Crippen molar-refractivity contribution in [1.29, 1.82) is 0 Å². The van der Waals surface area contributed by atoms with Crippen molar-refractivity contribution >= 4 is 35.9 Å². The average Bonchev–Trinajstić information content (AvgIpc) is 3.94. The molecule has 0 heterocycles. The fourth-order valence-electron chi connectivity index (χ4n) is 8.83. The molecule has 4 N–H and O–H groups in total. The van der Waals surface area contributed by atoms with Crippen LogP contribution in [0, 0.1) is 0 Å². The van der Waals surface area contributed by atoms with Gasteiger partial charge in [-0.3, -0.25) is 19.2 Å². The Hall–Kier alpha value is -8.86. The fourth-order valence-corrected chi connectivity index (χ4v) is 8.83. The predicted octanol–water partition coefficient (Wildman–Crippen LogP) is 9.68. The second-order valence-electron chi connectivity index (χ2n) is 20.8. The Morgan fingerprint density at radius 3 is 1.72 bits per heavy atom. The minimum absolute atomic E-state index is 0.0422. The number of benzene rings is 6. The highest BCUT2D eigenvalue weighted by Crippen LogP contribution is 2.44. The summed E-state index contributed by atoms with van der Waals surface area (Å²) >= 11 is 0. The van der Waals surface area contributed by atoms with E-state index in [1.807, 2.05) is 78.9 Å². The second kappa shape index (κ2) is 26.5. The lowest BCUT2D eigenvalue weighted by atomic mass is 9.97. The highest BCUT2D eigenvalue weighted by atomic mass is 16.7. The van der Waals surface area contributed by atoms with Gasteiger partial charge in [0.25, 0.3) is 5.91 Å². The van der Waals surface area contributed by atoms with Crippen molar-refractivity contribution < 1.29 is 61.9 Å².